The van der Waals surface area contributed by atoms with Gasteiger partial charge < -0.3 is 30.4 Å². The number of carbonyl (C=O) groups excluding carboxylic acids is 2. The summed E-state index contributed by atoms with van der Waals surface area (Å²) in [7, 11) is 0. The molecule has 0 fully saturated rings. The molecule has 10 nitrogen and oxygen atoms in total. The second-order valence-corrected chi connectivity index (χ2v) is 9.08. The molecule has 43 heavy (non-hydrogen) atoms. The highest BCUT2D eigenvalue weighted by atomic mass is 16.6. The van der Waals surface area contributed by atoms with Crippen molar-refractivity contribution in [1.82, 2.24) is 0 Å². The molecule has 4 aromatic rings. The largest absolute Gasteiger partial charge is 0.491 e. The van der Waals surface area contributed by atoms with E-state index in [1.165, 1.54) is 12.2 Å². The zero-order valence-electron chi connectivity index (χ0n) is 23.1. The van der Waals surface area contributed by atoms with Crippen LogP contribution < -0.4 is 25.8 Å². The summed E-state index contributed by atoms with van der Waals surface area (Å²) in [5.41, 5.74) is 8.08. The van der Waals surface area contributed by atoms with Crippen molar-refractivity contribution in [2.75, 3.05) is 29.6 Å². The van der Waals surface area contributed by atoms with E-state index < -0.39 is 24.2 Å². The van der Waals surface area contributed by atoms with Crippen molar-refractivity contribution in [2.24, 2.45) is 0 Å². The molecule has 0 radical (unpaired) electrons. The predicted molar refractivity (Wildman–Crippen MR) is 163 cm³/mol. The van der Waals surface area contributed by atoms with Crippen molar-refractivity contribution in [3.63, 3.8) is 0 Å². The van der Waals surface area contributed by atoms with Crippen LogP contribution in [0.4, 0.5) is 21.9 Å². The van der Waals surface area contributed by atoms with E-state index in [1.807, 2.05) is 12.1 Å². The Morgan fingerprint density at radius 3 is 2.33 bits per heavy atom. The summed E-state index contributed by atoms with van der Waals surface area (Å²) in [6.07, 6.45) is -0.217. The normalized spacial score (nSPS) is 12.0. The summed E-state index contributed by atoms with van der Waals surface area (Å²) < 4.78 is 17.9. The van der Waals surface area contributed by atoms with E-state index in [1.54, 1.807) is 97.1 Å². The van der Waals surface area contributed by atoms with Gasteiger partial charge in [-0.25, -0.2) is 4.79 Å². The van der Waals surface area contributed by atoms with Gasteiger partial charge in [-0.1, -0.05) is 48.5 Å². The Hall–Kier alpha value is -5.79. The zero-order valence-corrected chi connectivity index (χ0v) is 23.1. The molecule has 4 rings (SSSR count). The molecule has 10 heteroatoms. The van der Waals surface area contributed by atoms with Gasteiger partial charge >= 0.3 is 6.09 Å². The van der Waals surface area contributed by atoms with Crippen LogP contribution in [0.1, 0.15) is 17.2 Å². The highest BCUT2D eigenvalue weighted by Crippen LogP contribution is 2.33. The third-order valence-electron chi connectivity index (χ3n) is 6.04. The number of nitrogens with zero attached hydrogens (tertiary/aromatic N) is 1. The standard InChI is InChI=1S/C33H30N4O6/c34-22-23-14-16-24(17-15-23)36-33(40)43-32(26-10-4-7-13-29(26)41-21-20-38)30(42-25-8-2-1-3-9-25)18-19-31(39)37-28-12-6-5-11-27(28)35/h1-19,30,32,38H,20-21,35H2,(H,36,40)(H,37,39)/b19-18+/t30-,32-/m0/s1. The number of aliphatic hydroxyl groups is 1. The average Bonchev–Trinajstić information content (AvgIpc) is 3.03. The van der Waals surface area contributed by atoms with Crippen LogP contribution in [0.3, 0.4) is 0 Å². The molecular weight excluding hydrogens is 548 g/mol. The third-order valence-corrected chi connectivity index (χ3v) is 6.04. The van der Waals surface area contributed by atoms with Crippen molar-refractivity contribution in [3.05, 3.63) is 126 Å². The molecule has 218 valence electrons. The van der Waals surface area contributed by atoms with Gasteiger partial charge in [-0.2, -0.15) is 5.26 Å². The van der Waals surface area contributed by atoms with E-state index in [0.717, 1.165) is 0 Å². The lowest BCUT2D eigenvalue weighted by molar-refractivity contribution is -0.112. The molecule has 2 amide bonds. The van der Waals surface area contributed by atoms with Gasteiger partial charge in [0.15, 0.2) is 12.2 Å². The van der Waals surface area contributed by atoms with Crippen molar-refractivity contribution in [2.45, 2.75) is 12.2 Å². The fourth-order valence-electron chi connectivity index (χ4n) is 4.03. The van der Waals surface area contributed by atoms with Gasteiger partial charge in [0.1, 0.15) is 18.1 Å². The summed E-state index contributed by atoms with van der Waals surface area (Å²) in [5.74, 6) is 0.328. The van der Waals surface area contributed by atoms with E-state index in [9.17, 15) is 14.7 Å². The van der Waals surface area contributed by atoms with Gasteiger partial charge in [-0.3, -0.25) is 10.1 Å². The number of benzene rings is 4. The fourth-order valence-corrected chi connectivity index (χ4v) is 4.03. The van der Waals surface area contributed by atoms with E-state index in [2.05, 4.69) is 10.6 Å². The first kappa shape index (κ1) is 30.2. The number of nitriles is 1. The molecule has 4 aromatic carbocycles. The lowest BCUT2D eigenvalue weighted by atomic mass is 10.0. The Bertz CT molecular complexity index is 1590. The summed E-state index contributed by atoms with van der Waals surface area (Å²) >= 11 is 0. The Kier molecular flexibility index (Phi) is 10.7. The van der Waals surface area contributed by atoms with Crippen LogP contribution in [-0.4, -0.2) is 36.4 Å². The topological polar surface area (TPSA) is 156 Å². The second kappa shape index (κ2) is 15.3. The molecule has 0 heterocycles. The maximum atomic E-state index is 13.2. The maximum Gasteiger partial charge on any atom is 0.412 e. The predicted octanol–water partition coefficient (Wildman–Crippen LogP) is 5.44. The first-order chi connectivity index (χ1) is 21.0. The molecule has 0 aliphatic carbocycles. The van der Waals surface area contributed by atoms with Crippen molar-refractivity contribution >= 4 is 29.1 Å². The lowest BCUT2D eigenvalue weighted by Crippen LogP contribution is -2.30. The number of anilines is 3. The number of aliphatic hydroxyl groups excluding tert-OH is 1. The molecule has 0 bridgehead atoms. The minimum absolute atomic E-state index is 0.00211. The summed E-state index contributed by atoms with van der Waals surface area (Å²) in [6.45, 7) is -0.228. The average molecular weight is 579 g/mol. The summed E-state index contributed by atoms with van der Waals surface area (Å²) in [5, 5.41) is 23.8. The number of rotatable bonds is 12. The van der Waals surface area contributed by atoms with Crippen molar-refractivity contribution < 1.29 is 28.9 Å². The number of ether oxygens (including phenoxy) is 3. The molecular formula is C33H30N4O6. The van der Waals surface area contributed by atoms with Gasteiger partial charge in [0.05, 0.1) is 29.6 Å². The number of nitrogen functional groups attached to an aromatic ring is 1. The number of amides is 2. The van der Waals surface area contributed by atoms with E-state index in [4.69, 9.17) is 25.2 Å². The van der Waals surface area contributed by atoms with Gasteiger partial charge in [-0.05, 0) is 60.7 Å². The smallest absolute Gasteiger partial charge is 0.412 e. The van der Waals surface area contributed by atoms with E-state index in [0.29, 0.717) is 39.7 Å². The fraction of sp³-hybridized carbons (Fsp3) is 0.121. The number of nitrogens with two attached hydrogens (primary N) is 1. The molecule has 0 unspecified atom stereocenters. The monoisotopic (exact) mass is 578 g/mol. The van der Waals surface area contributed by atoms with Gasteiger partial charge in [0, 0.05) is 17.3 Å². The van der Waals surface area contributed by atoms with Crippen LogP contribution in [0.5, 0.6) is 11.5 Å². The minimum Gasteiger partial charge on any atom is -0.491 e. The molecule has 0 saturated heterocycles. The van der Waals surface area contributed by atoms with E-state index >= 15 is 0 Å². The quantitative estimate of drug-likeness (QED) is 0.128. The molecule has 0 aromatic heterocycles. The van der Waals surface area contributed by atoms with Gasteiger partial charge in [0.25, 0.3) is 0 Å². The Balaban J connectivity index is 1.68. The summed E-state index contributed by atoms with van der Waals surface area (Å²) in [4.78, 5) is 26.1. The number of nitrogens with one attached hydrogen (secondary N) is 2. The Morgan fingerprint density at radius 1 is 0.907 bits per heavy atom. The maximum absolute atomic E-state index is 13.2. The van der Waals surface area contributed by atoms with Crippen molar-refractivity contribution in [1.29, 1.82) is 5.26 Å². The molecule has 0 aliphatic rings. The van der Waals surface area contributed by atoms with Crippen LogP contribution in [0, 0.1) is 11.3 Å². The first-order valence-electron chi connectivity index (χ1n) is 13.3. The summed E-state index contributed by atoms with van der Waals surface area (Å²) in [6, 6.07) is 30.9. The third kappa shape index (κ3) is 8.85. The molecule has 0 saturated carbocycles. The molecule has 0 spiro atoms. The van der Waals surface area contributed by atoms with Crippen LogP contribution in [0.2, 0.25) is 0 Å². The highest BCUT2D eigenvalue weighted by molar-refractivity contribution is 6.01. The molecule has 5 N–H and O–H groups in total. The van der Waals surface area contributed by atoms with Gasteiger partial charge in [-0.15, -0.1) is 0 Å². The number of hydrogen-bond acceptors (Lipinski definition) is 8. The molecule has 0 aliphatic heterocycles. The van der Waals surface area contributed by atoms with Crippen LogP contribution >= 0.6 is 0 Å². The highest BCUT2D eigenvalue weighted by Gasteiger charge is 2.30. The number of para-hydroxylation sites is 4. The zero-order chi connectivity index (χ0) is 30.4. The second-order valence-electron chi connectivity index (χ2n) is 9.08. The Labute approximate surface area is 248 Å². The number of hydrogen-bond donors (Lipinski definition) is 4. The molecule has 2 atom stereocenters. The van der Waals surface area contributed by atoms with Gasteiger partial charge in [0.2, 0.25) is 5.91 Å². The van der Waals surface area contributed by atoms with Crippen LogP contribution in [0.15, 0.2) is 115 Å². The van der Waals surface area contributed by atoms with E-state index in [-0.39, 0.29) is 13.2 Å². The van der Waals surface area contributed by atoms with Crippen LogP contribution in [0.25, 0.3) is 0 Å². The minimum atomic E-state index is -1.13. The number of carbonyl (C=O) groups is 2. The lowest BCUT2D eigenvalue weighted by Gasteiger charge is -2.27. The van der Waals surface area contributed by atoms with Crippen LogP contribution in [-0.2, 0) is 9.53 Å². The van der Waals surface area contributed by atoms with Crippen molar-refractivity contribution in [3.8, 4) is 17.6 Å². The first-order valence-corrected chi connectivity index (χ1v) is 13.3. The SMILES string of the molecule is N#Cc1ccc(NC(=O)O[C@@H](c2ccccc2OCCO)[C@H](/C=C/C(=O)Nc2ccccc2N)Oc2ccccc2)cc1. The Morgan fingerprint density at radius 2 is 1.60 bits per heavy atom.